The van der Waals surface area contributed by atoms with Crippen molar-refractivity contribution >= 4 is 10.9 Å². The number of aromatic amines is 1. The van der Waals surface area contributed by atoms with Gasteiger partial charge in [0.15, 0.2) is 5.82 Å². The van der Waals surface area contributed by atoms with Gasteiger partial charge in [-0.15, -0.1) is 5.10 Å². The maximum absolute atomic E-state index is 13.1. The van der Waals surface area contributed by atoms with Crippen LogP contribution in [0.5, 0.6) is 0 Å². The summed E-state index contributed by atoms with van der Waals surface area (Å²) in [6.07, 6.45) is 9.16. The van der Waals surface area contributed by atoms with Gasteiger partial charge < -0.3 is 9.40 Å². The monoisotopic (exact) mass is 474 g/mol. The van der Waals surface area contributed by atoms with Gasteiger partial charge in [0.25, 0.3) is 5.56 Å². The Labute approximate surface area is 205 Å². The van der Waals surface area contributed by atoms with Crippen molar-refractivity contribution in [3.63, 3.8) is 0 Å². The van der Waals surface area contributed by atoms with Gasteiger partial charge in [-0.1, -0.05) is 39.2 Å². The van der Waals surface area contributed by atoms with Crippen LogP contribution in [0.3, 0.4) is 0 Å². The fraction of sp³-hybridized carbons (Fsp3) is 0.481. The molecule has 1 aliphatic carbocycles. The maximum Gasteiger partial charge on any atom is 0.252 e. The number of furan rings is 1. The normalized spacial score (nSPS) is 15.4. The molecule has 184 valence electrons. The van der Waals surface area contributed by atoms with Crippen LogP contribution < -0.4 is 5.56 Å². The van der Waals surface area contributed by atoms with Crippen molar-refractivity contribution in [3.8, 4) is 0 Å². The number of rotatable bonds is 10. The van der Waals surface area contributed by atoms with Crippen LogP contribution in [-0.2, 0) is 19.5 Å². The molecule has 8 heteroatoms. The van der Waals surface area contributed by atoms with Gasteiger partial charge >= 0.3 is 0 Å². The number of benzene rings is 1. The molecular formula is C27H34N6O2. The Morgan fingerprint density at radius 1 is 1.17 bits per heavy atom. The predicted octanol–water partition coefficient (Wildman–Crippen LogP) is 5.33. The zero-order valence-corrected chi connectivity index (χ0v) is 20.6. The number of H-pyrrole nitrogens is 1. The zero-order valence-electron chi connectivity index (χ0n) is 20.6. The van der Waals surface area contributed by atoms with Crippen molar-refractivity contribution in [1.82, 2.24) is 30.1 Å². The van der Waals surface area contributed by atoms with E-state index in [1.807, 2.05) is 28.9 Å². The highest BCUT2D eigenvalue weighted by Crippen LogP contribution is 2.34. The summed E-state index contributed by atoms with van der Waals surface area (Å²) in [5.74, 6) is 1.74. The second kappa shape index (κ2) is 10.6. The van der Waals surface area contributed by atoms with E-state index in [1.165, 1.54) is 18.4 Å². The van der Waals surface area contributed by atoms with E-state index in [9.17, 15) is 4.79 Å². The fourth-order valence-corrected chi connectivity index (χ4v) is 5.31. The first-order valence-corrected chi connectivity index (χ1v) is 12.8. The van der Waals surface area contributed by atoms with E-state index >= 15 is 0 Å². The minimum absolute atomic E-state index is 0.0298. The lowest BCUT2D eigenvalue weighted by Gasteiger charge is -2.31. The van der Waals surface area contributed by atoms with E-state index in [0.717, 1.165) is 60.2 Å². The molecule has 0 radical (unpaired) electrons. The van der Waals surface area contributed by atoms with Crippen molar-refractivity contribution < 1.29 is 4.42 Å². The summed E-state index contributed by atoms with van der Waals surface area (Å²) in [6, 6.07) is 12.5. The molecule has 3 heterocycles. The molecule has 35 heavy (non-hydrogen) atoms. The van der Waals surface area contributed by atoms with Crippen molar-refractivity contribution in [1.29, 1.82) is 0 Å². The van der Waals surface area contributed by atoms with Gasteiger partial charge in [-0.2, -0.15) is 0 Å². The summed E-state index contributed by atoms with van der Waals surface area (Å²) >= 11 is 0. The van der Waals surface area contributed by atoms with Gasteiger partial charge in [0.2, 0.25) is 0 Å². The lowest BCUT2D eigenvalue weighted by molar-refractivity contribution is 0.142. The van der Waals surface area contributed by atoms with Gasteiger partial charge in [-0.25, -0.2) is 4.68 Å². The summed E-state index contributed by atoms with van der Waals surface area (Å²) in [4.78, 5) is 18.5. The minimum atomic E-state index is -0.0585. The van der Waals surface area contributed by atoms with Crippen molar-refractivity contribution in [3.05, 3.63) is 75.7 Å². The summed E-state index contributed by atoms with van der Waals surface area (Å²) in [5, 5.41) is 14.0. The number of hydrogen-bond acceptors (Lipinski definition) is 6. The molecular weight excluding hydrogens is 440 g/mol. The third kappa shape index (κ3) is 5.07. The third-order valence-electron chi connectivity index (χ3n) is 7.20. The SMILES string of the molecule is CCC[C@H](c1nnnn1C1CCCC1)N(Cc1ccco1)Cc1cc2cc(CC)ccc2[nH]c1=O. The van der Waals surface area contributed by atoms with E-state index in [-0.39, 0.29) is 11.6 Å². The summed E-state index contributed by atoms with van der Waals surface area (Å²) in [7, 11) is 0. The Hall–Kier alpha value is -3.26. The van der Waals surface area contributed by atoms with Gasteiger partial charge in [0.05, 0.1) is 24.9 Å². The molecule has 0 amide bonds. The lowest BCUT2D eigenvalue weighted by Crippen LogP contribution is -2.33. The van der Waals surface area contributed by atoms with Crippen molar-refractivity contribution in [2.24, 2.45) is 0 Å². The third-order valence-corrected chi connectivity index (χ3v) is 7.20. The van der Waals surface area contributed by atoms with Gasteiger partial charge in [-0.3, -0.25) is 9.69 Å². The van der Waals surface area contributed by atoms with Crippen LogP contribution in [0.2, 0.25) is 0 Å². The first-order chi connectivity index (χ1) is 17.2. The Bertz CT molecular complexity index is 1300. The smallest absolute Gasteiger partial charge is 0.252 e. The first kappa shape index (κ1) is 23.5. The number of pyridine rings is 1. The lowest BCUT2D eigenvalue weighted by atomic mass is 10.0. The number of hydrogen-bond donors (Lipinski definition) is 1. The van der Waals surface area contributed by atoms with Crippen LogP contribution in [0, 0.1) is 0 Å². The average Bonchev–Trinajstić information content (AvgIpc) is 3.65. The van der Waals surface area contributed by atoms with E-state index < -0.39 is 0 Å². The molecule has 0 bridgehead atoms. The van der Waals surface area contributed by atoms with Crippen LogP contribution >= 0.6 is 0 Å². The summed E-state index contributed by atoms with van der Waals surface area (Å²) < 4.78 is 7.76. The highest BCUT2D eigenvalue weighted by atomic mass is 16.3. The number of aromatic nitrogens is 5. The number of tetrazole rings is 1. The number of nitrogens with zero attached hydrogens (tertiary/aromatic N) is 5. The Morgan fingerprint density at radius 2 is 2.03 bits per heavy atom. The second-order valence-electron chi connectivity index (χ2n) is 9.61. The van der Waals surface area contributed by atoms with E-state index in [2.05, 4.69) is 51.4 Å². The van der Waals surface area contributed by atoms with Crippen LogP contribution in [0.1, 0.15) is 87.2 Å². The largest absolute Gasteiger partial charge is 0.468 e. The number of aryl methyl sites for hydroxylation is 1. The first-order valence-electron chi connectivity index (χ1n) is 12.8. The average molecular weight is 475 g/mol. The molecule has 0 saturated heterocycles. The van der Waals surface area contributed by atoms with Crippen molar-refractivity contribution in [2.45, 2.75) is 84.0 Å². The summed E-state index contributed by atoms with van der Waals surface area (Å²) in [6.45, 7) is 5.37. The topological polar surface area (TPSA) is 92.8 Å². The molecule has 3 aromatic heterocycles. The quantitative estimate of drug-likeness (QED) is 0.334. The molecule has 1 aromatic carbocycles. The van der Waals surface area contributed by atoms with Crippen LogP contribution in [0.4, 0.5) is 0 Å². The zero-order chi connectivity index (χ0) is 24.2. The molecule has 5 rings (SSSR count). The number of fused-ring (bicyclic) bond motifs is 1. The molecule has 1 saturated carbocycles. The Morgan fingerprint density at radius 3 is 2.77 bits per heavy atom. The standard InChI is InChI=1S/C27H34N6O2/c1-3-8-25(26-29-30-31-33(26)22-9-5-6-10-22)32(18-23-11-7-14-35-23)17-21-16-20-15-19(4-2)12-13-24(20)28-27(21)34/h7,11-16,22,25H,3-6,8-10,17-18H2,1-2H3,(H,28,34)/t25-/m1/s1. The van der Waals surface area contributed by atoms with Crippen LogP contribution in [0.25, 0.3) is 10.9 Å². The molecule has 0 unspecified atom stereocenters. The molecule has 8 nitrogen and oxygen atoms in total. The highest BCUT2D eigenvalue weighted by molar-refractivity contribution is 5.79. The Balaban J connectivity index is 1.53. The summed E-state index contributed by atoms with van der Waals surface area (Å²) in [5.41, 5.74) is 2.79. The molecule has 4 aromatic rings. The molecule has 0 spiro atoms. The molecule has 1 N–H and O–H groups in total. The van der Waals surface area contributed by atoms with Gasteiger partial charge in [0.1, 0.15) is 5.76 Å². The second-order valence-corrected chi connectivity index (χ2v) is 9.61. The fourth-order valence-electron chi connectivity index (χ4n) is 5.31. The molecule has 1 atom stereocenters. The van der Waals surface area contributed by atoms with E-state index in [4.69, 9.17) is 4.42 Å². The van der Waals surface area contributed by atoms with Gasteiger partial charge in [-0.05, 0) is 77.4 Å². The van der Waals surface area contributed by atoms with Crippen molar-refractivity contribution in [2.75, 3.05) is 0 Å². The number of nitrogens with one attached hydrogen (secondary N) is 1. The molecule has 1 fully saturated rings. The maximum atomic E-state index is 13.1. The van der Waals surface area contributed by atoms with Crippen LogP contribution in [-0.4, -0.2) is 30.1 Å². The van der Waals surface area contributed by atoms with Gasteiger partial charge in [0, 0.05) is 17.6 Å². The molecule has 1 aliphatic rings. The molecule has 0 aliphatic heterocycles. The Kier molecular flexibility index (Phi) is 7.08. The predicted molar refractivity (Wildman–Crippen MR) is 135 cm³/mol. The van der Waals surface area contributed by atoms with E-state index in [1.54, 1.807) is 6.26 Å². The highest BCUT2D eigenvalue weighted by Gasteiger charge is 2.30. The van der Waals surface area contributed by atoms with E-state index in [0.29, 0.717) is 19.1 Å². The minimum Gasteiger partial charge on any atom is -0.468 e. The van der Waals surface area contributed by atoms with Crippen LogP contribution in [0.15, 0.2) is 51.9 Å².